The molecule has 39 heavy (non-hydrogen) atoms. The highest BCUT2D eigenvalue weighted by atomic mass is 35.5. The monoisotopic (exact) mass is 572 g/mol. The number of nitrogens with one attached hydrogen (secondary N) is 1. The molecule has 3 rings (SSSR count). The van der Waals surface area contributed by atoms with Gasteiger partial charge in [0.1, 0.15) is 11.5 Å². The topological polar surface area (TPSA) is 50.8 Å². The fourth-order valence-electron chi connectivity index (χ4n) is 4.49. The van der Waals surface area contributed by atoms with E-state index >= 15 is 0 Å². The fraction of sp³-hybridized carbons (Fsp3) is 0.531. The Bertz CT molecular complexity index is 999. The van der Waals surface area contributed by atoms with Crippen molar-refractivity contribution in [3.05, 3.63) is 64.7 Å². The van der Waals surface area contributed by atoms with Gasteiger partial charge >= 0.3 is 0 Å². The first-order valence-electron chi connectivity index (χ1n) is 14.6. The standard InChI is InChI=1S/C32H45ClN2O3S/c1-2-3-4-5-6-7-8-9-10-11-12-13-21-37-31-23-29(18-19-30(31)33)38-25-32(36)34-28-16-14-27(15-17-28)24-35-20-22-39-26-35/h14-20,22-23H,2-13,21,24-26H2,1H3,(H,34,36). The van der Waals surface area contributed by atoms with Gasteiger partial charge in [-0.25, -0.2) is 0 Å². The maximum atomic E-state index is 12.4. The Morgan fingerprint density at radius 1 is 0.897 bits per heavy atom. The van der Waals surface area contributed by atoms with Crippen molar-refractivity contribution in [1.29, 1.82) is 0 Å². The second-order valence-electron chi connectivity index (χ2n) is 10.2. The number of anilines is 1. The van der Waals surface area contributed by atoms with Gasteiger partial charge in [-0.15, -0.1) is 11.8 Å². The molecule has 0 aromatic heterocycles. The number of carbonyl (C=O) groups excluding carboxylic acids is 1. The Kier molecular flexibility index (Phi) is 15.1. The van der Waals surface area contributed by atoms with Crippen molar-refractivity contribution in [2.45, 2.75) is 90.5 Å². The van der Waals surface area contributed by atoms with Crippen LogP contribution in [0.1, 0.15) is 89.5 Å². The molecular weight excluding hydrogens is 528 g/mol. The molecular formula is C32H45ClN2O3S. The minimum Gasteiger partial charge on any atom is -0.492 e. The third-order valence-corrected chi connectivity index (χ3v) is 7.87. The van der Waals surface area contributed by atoms with Gasteiger partial charge < -0.3 is 19.7 Å². The molecule has 1 heterocycles. The Hall–Kier alpha value is -2.31. The van der Waals surface area contributed by atoms with E-state index in [4.69, 9.17) is 21.1 Å². The summed E-state index contributed by atoms with van der Waals surface area (Å²) < 4.78 is 11.6. The molecule has 1 amide bonds. The molecule has 2 aromatic carbocycles. The van der Waals surface area contributed by atoms with Gasteiger partial charge in [-0.05, 0) is 41.7 Å². The van der Waals surface area contributed by atoms with Crippen LogP contribution in [-0.4, -0.2) is 29.9 Å². The quantitative estimate of drug-likeness (QED) is 0.160. The van der Waals surface area contributed by atoms with Crippen molar-refractivity contribution in [2.24, 2.45) is 0 Å². The number of amides is 1. The smallest absolute Gasteiger partial charge is 0.262 e. The van der Waals surface area contributed by atoms with Crippen LogP contribution in [0.4, 0.5) is 5.69 Å². The Balaban J connectivity index is 1.26. The summed E-state index contributed by atoms with van der Waals surface area (Å²) in [4.78, 5) is 14.6. The van der Waals surface area contributed by atoms with Crippen molar-refractivity contribution in [3.8, 4) is 11.5 Å². The third kappa shape index (κ3) is 13.1. The second kappa shape index (κ2) is 18.9. The molecule has 0 unspecified atom stereocenters. The number of carbonyl (C=O) groups is 1. The summed E-state index contributed by atoms with van der Waals surface area (Å²) in [6.07, 6.45) is 17.8. The number of halogens is 1. The van der Waals surface area contributed by atoms with E-state index < -0.39 is 0 Å². The van der Waals surface area contributed by atoms with E-state index in [1.807, 2.05) is 24.3 Å². The van der Waals surface area contributed by atoms with Crippen LogP contribution < -0.4 is 14.8 Å². The number of hydrogen-bond acceptors (Lipinski definition) is 5. The minimum atomic E-state index is -0.212. The maximum Gasteiger partial charge on any atom is 0.262 e. The van der Waals surface area contributed by atoms with E-state index in [1.165, 1.54) is 76.2 Å². The lowest BCUT2D eigenvalue weighted by atomic mass is 10.1. The van der Waals surface area contributed by atoms with Gasteiger partial charge in [0.2, 0.25) is 0 Å². The molecule has 214 valence electrons. The van der Waals surface area contributed by atoms with E-state index in [0.29, 0.717) is 23.1 Å². The van der Waals surface area contributed by atoms with Gasteiger partial charge in [0.05, 0.1) is 17.5 Å². The lowest BCUT2D eigenvalue weighted by Gasteiger charge is -2.15. The highest BCUT2D eigenvalue weighted by Crippen LogP contribution is 2.29. The van der Waals surface area contributed by atoms with Crippen LogP contribution in [0, 0.1) is 0 Å². The van der Waals surface area contributed by atoms with Crippen LogP contribution >= 0.6 is 23.4 Å². The molecule has 5 nitrogen and oxygen atoms in total. The van der Waals surface area contributed by atoms with E-state index in [-0.39, 0.29) is 12.5 Å². The zero-order valence-corrected chi connectivity index (χ0v) is 25.0. The Morgan fingerprint density at radius 3 is 2.21 bits per heavy atom. The normalized spacial score (nSPS) is 12.6. The van der Waals surface area contributed by atoms with E-state index in [2.05, 4.69) is 28.7 Å². The van der Waals surface area contributed by atoms with E-state index in [0.717, 1.165) is 24.5 Å². The van der Waals surface area contributed by atoms with Crippen LogP contribution in [0.15, 0.2) is 54.1 Å². The first kappa shape index (κ1) is 31.2. The Morgan fingerprint density at radius 2 is 1.56 bits per heavy atom. The van der Waals surface area contributed by atoms with Gasteiger partial charge in [0, 0.05) is 24.5 Å². The lowest BCUT2D eigenvalue weighted by Crippen LogP contribution is -2.20. The summed E-state index contributed by atoms with van der Waals surface area (Å²) in [7, 11) is 0. The molecule has 0 saturated carbocycles. The minimum absolute atomic E-state index is 0.0860. The summed E-state index contributed by atoms with van der Waals surface area (Å²) in [6.45, 7) is 3.67. The number of rotatable bonds is 20. The van der Waals surface area contributed by atoms with Crippen molar-refractivity contribution in [1.82, 2.24) is 4.90 Å². The Labute approximate surface area is 244 Å². The van der Waals surface area contributed by atoms with Crippen LogP contribution in [0.25, 0.3) is 0 Å². The van der Waals surface area contributed by atoms with Crippen molar-refractivity contribution >= 4 is 35.0 Å². The SMILES string of the molecule is CCCCCCCCCCCCCCOc1cc(OCC(=O)Nc2ccc(CN3C=CSC3)cc2)ccc1Cl. The summed E-state index contributed by atoms with van der Waals surface area (Å²) in [5, 5.41) is 5.54. The molecule has 0 spiro atoms. The summed E-state index contributed by atoms with van der Waals surface area (Å²) in [5.74, 6) is 1.92. The summed E-state index contributed by atoms with van der Waals surface area (Å²) in [6, 6.07) is 13.2. The largest absolute Gasteiger partial charge is 0.492 e. The van der Waals surface area contributed by atoms with Crippen molar-refractivity contribution in [2.75, 3.05) is 24.4 Å². The number of unbranched alkanes of at least 4 members (excludes halogenated alkanes) is 11. The van der Waals surface area contributed by atoms with Crippen LogP contribution in [0.3, 0.4) is 0 Å². The van der Waals surface area contributed by atoms with Crippen LogP contribution in [-0.2, 0) is 11.3 Å². The van der Waals surface area contributed by atoms with Gasteiger partial charge in [-0.3, -0.25) is 4.79 Å². The average Bonchev–Trinajstić information content (AvgIpc) is 3.45. The number of ether oxygens (including phenoxy) is 2. The highest BCUT2D eigenvalue weighted by molar-refractivity contribution is 8.02. The molecule has 1 aliphatic rings. The first-order chi connectivity index (χ1) is 19.1. The fourth-order valence-corrected chi connectivity index (χ4v) is 5.38. The van der Waals surface area contributed by atoms with E-state index in [9.17, 15) is 4.79 Å². The molecule has 0 aliphatic carbocycles. The molecule has 0 atom stereocenters. The zero-order chi connectivity index (χ0) is 27.5. The molecule has 1 aliphatic heterocycles. The summed E-state index contributed by atoms with van der Waals surface area (Å²) >= 11 is 8.10. The third-order valence-electron chi connectivity index (χ3n) is 6.76. The highest BCUT2D eigenvalue weighted by Gasteiger charge is 2.09. The second-order valence-corrected chi connectivity index (χ2v) is 11.5. The number of hydrogen-bond donors (Lipinski definition) is 1. The predicted octanol–water partition coefficient (Wildman–Crippen LogP) is 9.41. The lowest BCUT2D eigenvalue weighted by molar-refractivity contribution is -0.118. The molecule has 0 bridgehead atoms. The van der Waals surface area contributed by atoms with Crippen molar-refractivity contribution in [3.63, 3.8) is 0 Å². The molecule has 1 N–H and O–H groups in total. The molecule has 0 saturated heterocycles. The van der Waals surface area contributed by atoms with Crippen LogP contribution in [0.2, 0.25) is 5.02 Å². The van der Waals surface area contributed by atoms with Crippen LogP contribution in [0.5, 0.6) is 11.5 Å². The first-order valence-corrected chi connectivity index (χ1v) is 16.0. The number of benzene rings is 2. The van der Waals surface area contributed by atoms with Gasteiger partial charge in [-0.1, -0.05) is 101 Å². The zero-order valence-electron chi connectivity index (χ0n) is 23.5. The van der Waals surface area contributed by atoms with Crippen molar-refractivity contribution < 1.29 is 14.3 Å². The maximum absolute atomic E-state index is 12.4. The van der Waals surface area contributed by atoms with E-state index in [1.54, 1.807) is 30.0 Å². The molecule has 2 aromatic rings. The molecule has 7 heteroatoms. The van der Waals surface area contributed by atoms with Gasteiger partial charge in [0.25, 0.3) is 5.91 Å². The predicted molar refractivity (Wildman–Crippen MR) is 166 cm³/mol. The molecule has 0 radical (unpaired) electrons. The number of nitrogens with zero attached hydrogens (tertiary/aromatic N) is 1. The molecule has 0 fully saturated rings. The number of thioether (sulfide) groups is 1. The summed E-state index contributed by atoms with van der Waals surface area (Å²) in [5.41, 5.74) is 1.95. The average molecular weight is 573 g/mol. The van der Waals surface area contributed by atoms with Gasteiger partial charge in [0.15, 0.2) is 6.61 Å². The van der Waals surface area contributed by atoms with Gasteiger partial charge in [-0.2, -0.15) is 0 Å².